The number of nitrogen functional groups attached to an aromatic ring is 1. The fourth-order valence-corrected chi connectivity index (χ4v) is 2.48. The van der Waals surface area contributed by atoms with Gasteiger partial charge in [-0.15, -0.1) is 0 Å². The van der Waals surface area contributed by atoms with Gasteiger partial charge >= 0.3 is 0 Å². The van der Waals surface area contributed by atoms with Gasteiger partial charge in [0.2, 0.25) is 5.75 Å². The van der Waals surface area contributed by atoms with Crippen molar-refractivity contribution in [1.82, 2.24) is 19.5 Å². The van der Waals surface area contributed by atoms with E-state index in [4.69, 9.17) is 10.6 Å². The van der Waals surface area contributed by atoms with Crippen molar-refractivity contribution in [2.45, 2.75) is 25.7 Å². The highest BCUT2D eigenvalue weighted by atomic mass is 16.5. The van der Waals surface area contributed by atoms with Crippen LogP contribution in [0.5, 0.6) is 5.75 Å². The second-order valence-electron chi connectivity index (χ2n) is 4.44. The lowest BCUT2D eigenvalue weighted by Crippen LogP contribution is -2.14. The molecule has 7 heteroatoms. The van der Waals surface area contributed by atoms with Crippen LogP contribution in [-0.2, 0) is 12.8 Å². The van der Waals surface area contributed by atoms with Crippen molar-refractivity contribution in [3.63, 3.8) is 0 Å². The Morgan fingerprint density at radius 2 is 2.11 bits per heavy atom. The first kappa shape index (κ1) is 11.9. The predicted molar refractivity (Wildman–Crippen MR) is 70.2 cm³/mol. The summed E-state index contributed by atoms with van der Waals surface area (Å²) in [4.78, 5) is 12.8. The monoisotopic (exact) mass is 260 g/mol. The Morgan fingerprint density at radius 1 is 1.26 bits per heavy atom. The Balaban J connectivity index is 2.14. The van der Waals surface area contributed by atoms with Crippen LogP contribution in [0.1, 0.15) is 24.2 Å². The zero-order valence-electron chi connectivity index (χ0n) is 10.8. The number of hydrogen-bond acceptors (Lipinski definition) is 6. The third-order valence-electron chi connectivity index (χ3n) is 3.38. The molecule has 0 radical (unpaired) electrons. The van der Waals surface area contributed by atoms with Gasteiger partial charge in [0, 0.05) is 5.69 Å². The number of aromatic nitrogens is 4. The molecule has 0 saturated heterocycles. The molecule has 0 unspecified atom stereocenters. The molecule has 0 bridgehead atoms. The maximum Gasteiger partial charge on any atom is 0.206 e. The van der Waals surface area contributed by atoms with E-state index in [9.17, 15) is 0 Å². The first-order valence-corrected chi connectivity index (χ1v) is 6.26. The van der Waals surface area contributed by atoms with Gasteiger partial charge in [-0.2, -0.15) is 0 Å². The standard InChI is InChI=1S/C12H16N6O/c1-19-10-11(17-13)14-6-15-12(10)18-7-16-8-4-2-3-5-9(8)18/h6-7H,2-5,13H2,1H3,(H,14,15,17). The molecule has 100 valence electrons. The molecule has 0 amide bonds. The van der Waals surface area contributed by atoms with Crippen molar-refractivity contribution >= 4 is 5.82 Å². The van der Waals surface area contributed by atoms with Crippen molar-refractivity contribution in [2.24, 2.45) is 5.84 Å². The number of fused-ring (bicyclic) bond motifs is 1. The third-order valence-corrected chi connectivity index (χ3v) is 3.38. The molecule has 0 aliphatic heterocycles. The molecule has 3 N–H and O–H groups in total. The molecule has 2 heterocycles. The second kappa shape index (κ2) is 4.85. The number of hydrazine groups is 1. The van der Waals surface area contributed by atoms with E-state index in [0.29, 0.717) is 17.4 Å². The smallest absolute Gasteiger partial charge is 0.206 e. The number of hydrogen-bond donors (Lipinski definition) is 2. The zero-order chi connectivity index (χ0) is 13.2. The zero-order valence-corrected chi connectivity index (χ0v) is 10.8. The number of anilines is 1. The lowest BCUT2D eigenvalue weighted by molar-refractivity contribution is 0.410. The van der Waals surface area contributed by atoms with Crippen LogP contribution in [0.2, 0.25) is 0 Å². The predicted octanol–water partition coefficient (Wildman–Crippen LogP) is 0.835. The van der Waals surface area contributed by atoms with Gasteiger partial charge in [-0.1, -0.05) is 0 Å². The minimum absolute atomic E-state index is 0.464. The number of methoxy groups -OCH3 is 1. The molecule has 0 spiro atoms. The second-order valence-corrected chi connectivity index (χ2v) is 4.44. The normalized spacial score (nSPS) is 14.0. The summed E-state index contributed by atoms with van der Waals surface area (Å²) in [6, 6.07) is 0. The molecule has 1 aliphatic carbocycles. The van der Waals surface area contributed by atoms with Gasteiger partial charge < -0.3 is 10.2 Å². The maximum absolute atomic E-state index is 5.44. The minimum Gasteiger partial charge on any atom is -0.490 e. The highest BCUT2D eigenvalue weighted by Gasteiger charge is 2.20. The summed E-state index contributed by atoms with van der Waals surface area (Å²) < 4.78 is 7.33. The first-order chi connectivity index (χ1) is 9.35. The Morgan fingerprint density at radius 3 is 2.89 bits per heavy atom. The van der Waals surface area contributed by atoms with Gasteiger partial charge in [-0.25, -0.2) is 20.8 Å². The summed E-state index contributed by atoms with van der Waals surface area (Å²) in [7, 11) is 1.58. The van der Waals surface area contributed by atoms with Crippen LogP contribution < -0.4 is 16.0 Å². The van der Waals surface area contributed by atoms with Crippen LogP contribution in [0.4, 0.5) is 5.82 Å². The van der Waals surface area contributed by atoms with Crippen LogP contribution in [-0.4, -0.2) is 26.6 Å². The summed E-state index contributed by atoms with van der Waals surface area (Å²) in [5.74, 6) is 7.10. The van der Waals surface area contributed by atoms with Crippen LogP contribution >= 0.6 is 0 Å². The van der Waals surface area contributed by atoms with Gasteiger partial charge in [0.1, 0.15) is 12.7 Å². The number of rotatable bonds is 3. The molecule has 0 atom stereocenters. The average Bonchev–Trinajstić information content (AvgIpc) is 2.90. The number of aryl methyl sites for hydroxylation is 1. The van der Waals surface area contributed by atoms with Crippen molar-refractivity contribution in [1.29, 1.82) is 0 Å². The van der Waals surface area contributed by atoms with E-state index >= 15 is 0 Å². The molecule has 19 heavy (non-hydrogen) atoms. The van der Waals surface area contributed by atoms with Gasteiger partial charge in [0.25, 0.3) is 0 Å². The summed E-state index contributed by atoms with van der Waals surface area (Å²) in [5.41, 5.74) is 4.87. The van der Waals surface area contributed by atoms with E-state index in [1.54, 1.807) is 13.4 Å². The fourth-order valence-electron chi connectivity index (χ4n) is 2.48. The molecule has 0 aromatic carbocycles. The summed E-state index contributed by atoms with van der Waals surface area (Å²) in [5, 5.41) is 0. The summed E-state index contributed by atoms with van der Waals surface area (Å²) in [6.45, 7) is 0. The molecular formula is C12H16N6O. The molecule has 7 nitrogen and oxygen atoms in total. The largest absolute Gasteiger partial charge is 0.490 e. The van der Waals surface area contributed by atoms with Crippen LogP contribution in [0, 0.1) is 0 Å². The van der Waals surface area contributed by atoms with Gasteiger partial charge in [0.05, 0.1) is 12.8 Å². The highest BCUT2D eigenvalue weighted by Crippen LogP contribution is 2.30. The Labute approximate surface area is 110 Å². The van der Waals surface area contributed by atoms with E-state index < -0.39 is 0 Å². The third kappa shape index (κ3) is 1.91. The van der Waals surface area contributed by atoms with Crippen molar-refractivity contribution < 1.29 is 4.74 Å². The fraction of sp³-hybridized carbons (Fsp3) is 0.417. The number of nitrogens with one attached hydrogen (secondary N) is 1. The van der Waals surface area contributed by atoms with Gasteiger partial charge in [-0.3, -0.25) is 4.57 Å². The Bertz CT molecular complexity index is 594. The van der Waals surface area contributed by atoms with E-state index in [1.165, 1.54) is 24.9 Å². The van der Waals surface area contributed by atoms with E-state index in [0.717, 1.165) is 18.5 Å². The highest BCUT2D eigenvalue weighted by molar-refractivity contribution is 5.58. The molecule has 3 rings (SSSR count). The number of imidazole rings is 1. The van der Waals surface area contributed by atoms with E-state index in [1.807, 2.05) is 4.57 Å². The van der Waals surface area contributed by atoms with Gasteiger partial charge in [0.15, 0.2) is 11.6 Å². The Hall–Kier alpha value is -2.15. The molecule has 0 fully saturated rings. The van der Waals surface area contributed by atoms with Gasteiger partial charge in [-0.05, 0) is 25.7 Å². The lowest BCUT2D eigenvalue weighted by Gasteiger charge is -2.16. The van der Waals surface area contributed by atoms with Crippen molar-refractivity contribution in [3.8, 4) is 11.6 Å². The first-order valence-electron chi connectivity index (χ1n) is 6.26. The van der Waals surface area contributed by atoms with E-state index in [-0.39, 0.29) is 0 Å². The van der Waals surface area contributed by atoms with Crippen LogP contribution in [0.3, 0.4) is 0 Å². The average molecular weight is 260 g/mol. The van der Waals surface area contributed by atoms with Crippen LogP contribution in [0.25, 0.3) is 5.82 Å². The van der Waals surface area contributed by atoms with Crippen molar-refractivity contribution in [3.05, 3.63) is 24.0 Å². The lowest BCUT2D eigenvalue weighted by atomic mass is 10.0. The van der Waals surface area contributed by atoms with Crippen molar-refractivity contribution in [2.75, 3.05) is 12.5 Å². The SMILES string of the molecule is COc1c(NN)ncnc1-n1cnc2c1CCCC2. The number of nitrogens with zero attached hydrogens (tertiary/aromatic N) is 4. The molecule has 2 aromatic rings. The molecule has 2 aromatic heterocycles. The van der Waals surface area contributed by atoms with Crippen LogP contribution in [0.15, 0.2) is 12.7 Å². The number of nitrogens with two attached hydrogens (primary N) is 1. The quantitative estimate of drug-likeness (QED) is 0.627. The molecule has 0 saturated carbocycles. The summed E-state index contributed by atoms with van der Waals surface area (Å²) >= 11 is 0. The summed E-state index contributed by atoms with van der Waals surface area (Å²) in [6.07, 6.45) is 7.66. The molecular weight excluding hydrogens is 244 g/mol. The van der Waals surface area contributed by atoms with E-state index in [2.05, 4.69) is 20.4 Å². The Kier molecular flexibility index (Phi) is 3.04. The molecule has 1 aliphatic rings. The topological polar surface area (TPSA) is 90.9 Å². The number of ether oxygens (including phenoxy) is 1. The minimum atomic E-state index is 0.464. The maximum atomic E-state index is 5.44.